The largest absolute Gasteiger partial charge is 0.387 e. The summed E-state index contributed by atoms with van der Waals surface area (Å²) in [6.45, 7) is 6.25. The lowest BCUT2D eigenvalue weighted by atomic mass is 9.89. The number of nitrogens with zero attached hydrogens (tertiary/aromatic N) is 2. The van der Waals surface area contributed by atoms with Crippen molar-refractivity contribution >= 4 is 17.2 Å². The average molecular weight is 307 g/mol. The van der Waals surface area contributed by atoms with Gasteiger partial charge in [0.25, 0.3) is 5.91 Å². The Kier molecular flexibility index (Phi) is 4.49. The van der Waals surface area contributed by atoms with Crippen LogP contribution in [0.3, 0.4) is 0 Å². The summed E-state index contributed by atoms with van der Waals surface area (Å²) >= 11 is 1.52. The predicted molar refractivity (Wildman–Crippen MR) is 83.5 cm³/mol. The molecular weight excluding hydrogens is 286 g/mol. The Hall–Kier alpha value is -1.66. The van der Waals surface area contributed by atoms with E-state index in [1.165, 1.54) is 11.3 Å². The van der Waals surface area contributed by atoms with E-state index < -0.39 is 6.10 Å². The minimum absolute atomic E-state index is 0.189. The van der Waals surface area contributed by atoms with Gasteiger partial charge < -0.3 is 10.4 Å². The molecule has 2 aromatic rings. The fraction of sp³-hybridized carbons (Fsp3) is 0.467. The van der Waals surface area contributed by atoms with Gasteiger partial charge >= 0.3 is 0 Å². The minimum Gasteiger partial charge on any atom is -0.387 e. The standard InChI is InChI=1S/C15H21N3O2S/c1-15(2,3)13-11(8-18(4)17-13)14(20)16-7-12(19)10-5-6-21-9-10/h5-6,8-9,12,19H,7H2,1-4H3,(H,16,20). The number of carbonyl (C=O) groups excluding carboxylic acids is 1. The van der Waals surface area contributed by atoms with Crippen molar-refractivity contribution in [2.24, 2.45) is 7.05 Å². The Bertz CT molecular complexity index is 611. The molecule has 0 spiro atoms. The highest BCUT2D eigenvalue weighted by molar-refractivity contribution is 7.07. The highest BCUT2D eigenvalue weighted by Gasteiger charge is 2.25. The van der Waals surface area contributed by atoms with Gasteiger partial charge in [-0.3, -0.25) is 9.48 Å². The van der Waals surface area contributed by atoms with Crippen molar-refractivity contribution in [2.45, 2.75) is 32.3 Å². The number of aliphatic hydroxyl groups excluding tert-OH is 1. The molecule has 0 aliphatic rings. The second kappa shape index (κ2) is 5.99. The van der Waals surface area contributed by atoms with Gasteiger partial charge in [0.2, 0.25) is 0 Å². The summed E-state index contributed by atoms with van der Waals surface area (Å²) in [5.74, 6) is -0.206. The number of hydrogen-bond acceptors (Lipinski definition) is 4. The molecule has 1 amide bonds. The van der Waals surface area contributed by atoms with Gasteiger partial charge in [-0.05, 0) is 22.4 Å². The van der Waals surface area contributed by atoms with Crippen LogP contribution in [0.25, 0.3) is 0 Å². The molecule has 2 rings (SSSR count). The number of thiophene rings is 1. The summed E-state index contributed by atoms with van der Waals surface area (Å²) in [4.78, 5) is 12.3. The van der Waals surface area contributed by atoms with Gasteiger partial charge in [0, 0.05) is 25.2 Å². The first-order chi connectivity index (χ1) is 9.79. The second-order valence-corrected chi connectivity index (χ2v) is 6.88. The van der Waals surface area contributed by atoms with Crippen LogP contribution in [0.15, 0.2) is 23.0 Å². The molecule has 2 aromatic heterocycles. The van der Waals surface area contributed by atoms with E-state index in [4.69, 9.17) is 0 Å². The lowest BCUT2D eigenvalue weighted by Crippen LogP contribution is -2.30. The van der Waals surface area contributed by atoms with Crippen LogP contribution in [0.2, 0.25) is 0 Å². The molecule has 0 saturated heterocycles. The van der Waals surface area contributed by atoms with E-state index in [2.05, 4.69) is 10.4 Å². The molecule has 0 aliphatic carbocycles. The molecular formula is C15H21N3O2S. The first-order valence-corrected chi connectivity index (χ1v) is 7.76. The minimum atomic E-state index is -0.685. The van der Waals surface area contributed by atoms with E-state index >= 15 is 0 Å². The molecule has 0 aliphatic heterocycles. The Morgan fingerprint density at radius 1 is 1.52 bits per heavy atom. The molecule has 1 unspecified atom stereocenters. The van der Waals surface area contributed by atoms with Gasteiger partial charge in [0.1, 0.15) is 0 Å². The van der Waals surface area contributed by atoms with Crippen LogP contribution in [0.1, 0.15) is 48.5 Å². The Balaban J connectivity index is 2.07. The van der Waals surface area contributed by atoms with E-state index in [1.807, 2.05) is 37.6 Å². The van der Waals surface area contributed by atoms with E-state index in [-0.39, 0.29) is 17.9 Å². The highest BCUT2D eigenvalue weighted by atomic mass is 32.1. The van der Waals surface area contributed by atoms with E-state index in [0.29, 0.717) is 5.56 Å². The van der Waals surface area contributed by atoms with E-state index in [9.17, 15) is 9.90 Å². The van der Waals surface area contributed by atoms with Crippen molar-refractivity contribution in [3.63, 3.8) is 0 Å². The highest BCUT2D eigenvalue weighted by Crippen LogP contribution is 2.24. The predicted octanol–water partition coefficient (Wildman–Crippen LogP) is 2.24. The fourth-order valence-electron chi connectivity index (χ4n) is 2.08. The Morgan fingerprint density at radius 2 is 2.24 bits per heavy atom. The first-order valence-electron chi connectivity index (χ1n) is 6.81. The van der Waals surface area contributed by atoms with Crippen LogP contribution in [0.5, 0.6) is 0 Å². The number of aliphatic hydroxyl groups is 1. The Morgan fingerprint density at radius 3 is 2.81 bits per heavy atom. The van der Waals surface area contributed by atoms with Crippen molar-refractivity contribution in [3.8, 4) is 0 Å². The fourth-order valence-corrected chi connectivity index (χ4v) is 2.78. The number of hydrogen-bond donors (Lipinski definition) is 2. The van der Waals surface area contributed by atoms with Crippen molar-refractivity contribution in [1.82, 2.24) is 15.1 Å². The normalized spacial score (nSPS) is 13.2. The van der Waals surface area contributed by atoms with Gasteiger partial charge in [0.05, 0.1) is 17.4 Å². The average Bonchev–Trinajstić information content (AvgIpc) is 3.03. The number of aryl methyl sites for hydroxylation is 1. The van der Waals surface area contributed by atoms with Crippen LogP contribution in [-0.2, 0) is 12.5 Å². The van der Waals surface area contributed by atoms with Crippen LogP contribution in [0, 0.1) is 0 Å². The summed E-state index contributed by atoms with van der Waals surface area (Å²) in [6.07, 6.45) is 1.03. The third-order valence-electron chi connectivity index (χ3n) is 3.17. The van der Waals surface area contributed by atoms with Crippen LogP contribution in [0.4, 0.5) is 0 Å². The molecule has 2 N–H and O–H groups in total. The van der Waals surface area contributed by atoms with Crippen molar-refractivity contribution in [2.75, 3.05) is 6.54 Å². The maximum absolute atomic E-state index is 12.3. The zero-order chi connectivity index (χ0) is 15.6. The van der Waals surface area contributed by atoms with Crippen LogP contribution in [-0.4, -0.2) is 27.3 Å². The van der Waals surface area contributed by atoms with Crippen LogP contribution >= 0.6 is 11.3 Å². The summed E-state index contributed by atoms with van der Waals surface area (Å²) in [6, 6.07) is 1.85. The smallest absolute Gasteiger partial charge is 0.254 e. The number of carbonyl (C=O) groups is 1. The summed E-state index contributed by atoms with van der Waals surface area (Å²) in [5, 5.41) is 20.9. The lowest BCUT2D eigenvalue weighted by molar-refractivity contribution is 0.0914. The number of aromatic nitrogens is 2. The molecule has 0 bridgehead atoms. The van der Waals surface area contributed by atoms with Crippen molar-refractivity contribution in [3.05, 3.63) is 39.8 Å². The SMILES string of the molecule is Cn1cc(C(=O)NCC(O)c2ccsc2)c(C(C)(C)C)n1. The third-order valence-corrected chi connectivity index (χ3v) is 3.87. The van der Waals surface area contributed by atoms with E-state index in [0.717, 1.165) is 11.3 Å². The monoisotopic (exact) mass is 307 g/mol. The molecule has 21 heavy (non-hydrogen) atoms. The Labute approximate surface area is 128 Å². The van der Waals surface area contributed by atoms with Gasteiger partial charge in [-0.25, -0.2) is 0 Å². The first kappa shape index (κ1) is 15.7. The number of nitrogens with one attached hydrogen (secondary N) is 1. The van der Waals surface area contributed by atoms with Gasteiger partial charge in [-0.15, -0.1) is 0 Å². The number of rotatable bonds is 4. The summed E-state index contributed by atoms with van der Waals surface area (Å²) in [7, 11) is 1.80. The number of amides is 1. The molecule has 6 heteroatoms. The molecule has 114 valence electrons. The molecule has 5 nitrogen and oxygen atoms in total. The zero-order valence-electron chi connectivity index (χ0n) is 12.8. The van der Waals surface area contributed by atoms with Crippen molar-refractivity contribution in [1.29, 1.82) is 0 Å². The van der Waals surface area contributed by atoms with Gasteiger partial charge in [0.15, 0.2) is 0 Å². The van der Waals surface area contributed by atoms with Crippen molar-refractivity contribution < 1.29 is 9.90 Å². The molecule has 0 saturated carbocycles. The third kappa shape index (κ3) is 3.71. The van der Waals surface area contributed by atoms with Crippen LogP contribution < -0.4 is 5.32 Å². The van der Waals surface area contributed by atoms with Gasteiger partial charge in [-0.2, -0.15) is 16.4 Å². The maximum Gasteiger partial charge on any atom is 0.254 e. The molecule has 1 atom stereocenters. The maximum atomic E-state index is 12.3. The molecule has 0 fully saturated rings. The molecule has 2 heterocycles. The van der Waals surface area contributed by atoms with Gasteiger partial charge in [-0.1, -0.05) is 20.8 Å². The topological polar surface area (TPSA) is 67.2 Å². The zero-order valence-corrected chi connectivity index (χ0v) is 13.6. The molecule has 0 radical (unpaired) electrons. The summed E-state index contributed by atoms with van der Waals surface area (Å²) in [5.41, 5.74) is 1.93. The molecule has 0 aromatic carbocycles. The second-order valence-electron chi connectivity index (χ2n) is 6.10. The van der Waals surface area contributed by atoms with E-state index in [1.54, 1.807) is 17.9 Å². The summed E-state index contributed by atoms with van der Waals surface area (Å²) < 4.78 is 1.64. The lowest BCUT2D eigenvalue weighted by Gasteiger charge is -2.17. The quantitative estimate of drug-likeness (QED) is 0.910.